The number of allylic oxidation sites excluding steroid dienone is 2. The quantitative estimate of drug-likeness (QED) is 0.171. The molecule has 182 valence electrons. The van der Waals surface area contributed by atoms with Gasteiger partial charge < -0.3 is 9.64 Å². The van der Waals surface area contributed by atoms with Crippen molar-refractivity contribution < 1.29 is 9.53 Å². The minimum atomic E-state index is -0.0217. The van der Waals surface area contributed by atoms with E-state index >= 15 is 0 Å². The second-order valence-corrected chi connectivity index (χ2v) is 8.92. The zero-order chi connectivity index (χ0) is 25.8. The maximum absolute atomic E-state index is 12.7. The zero-order valence-corrected chi connectivity index (χ0v) is 21.3. The zero-order valence-electron chi connectivity index (χ0n) is 21.3. The average Bonchev–Trinajstić information content (AvgIpc) is 2.95. The molecule has 0 heterocycles. The summed E-state index contributed by atoms with van der Waals surface area (Å²) in [5, 5.41) is 2.05. The molecule has 0 N–H and O–H groups in total. The van der Waals surface area contributed by atoms with E-state index in [0.29, 0.717) is 11.3 Å². The molecule has 0 spiro atoms. The Morgan fingerprint density at radius 2 is 1.22 bits per heavy atom. The summed E-state index contributed by atoms with van der Waals surface area (Å²) in [4.78, 5) is 15.0. The van der Waals surface area contributed by atoms with Crippen LogP contribution in [-0.2, 0) is 9.53 Å². The molecule has 3 nitrogen and oxygen atoms in total. The van der Waals surface area contributed by atoms with Crippen LogP contribution in [0, 0.1) is 0 Å². The number of methoxy groups -OCH3 is 1. The summed E-state index contributed by atoms with van der Waals surface area (Å²) >= 11 is 0. The first-order chi connectivity index (χ1) is 18.1. The summed E-state index contributed by atoms with van der Waals surface area (Å²) in [6.07, 6.45) is 0. The second kappa shape index (κ2) is 10.5. The number of ketones is 1. The van der Waals surface area contributed by atoms with E-state index in [2.05, 4.69) is 95.9 Å². The largest absolute Gasteiger partial charge is 0.501 e. The highest BCUT2D eigenvalue weighted by atomic mass is 16.5. The molecule has 0 unspecified atom stereocenters. The maximum atomic E-state index is 12.7. The third-order valence-corrected chi connectivity index (χ3v) is 6.67. The van der Waals surface area contributed by atoms with E-state index in [-0.39, 0.29) is 5.78 Å². The van der Waals surface area contributed by atoms with Crippen LogP contribution in [0.5, 0.6) is 0 Å². The van der Waals surface area contributed by atoms with Crippen molar-refractivity contribution in [1.29, 1.82) is 0 Å². The number of para-hydroxylation sites is 2. The van der Waals surface area contributed by atoms with E-state index in [1.165, 1.54) is 0 Å². The first-order valence-electron chi connectivity index (χ1n) is 12.4. The third kappa shape index (κ3) is 4.64. The molecular formula is C34H29NO2. The first-order valence-corrected chi connectivity index (χ1v) is 12.4. The third-order valence-electron chi connectivity index (χ3n) is 6.67. The van der Waals surface area contributed by atoms with Gasteiger partial charge in [0.25, 0.3) is 0 Å². The summed E-state index contributed by atoms with van der Waals surface area (Å²) in [5.41, 5.74) is 6.92. The number of anilines is 3. The summed E-state index contributed by atoms with van der Waals surface area (Å²) in [6, 6.07) is 41.7. The number of fused-ring (bicyclic) bond motifs is 1. The minimum absolute atomic E-state index is 0.0217. The summed E-state index contributed by atoms with van der Waals surface area (Å²) < 4.78 is 5.51. The molecule has 0 aliphatic carbocycles. The van der Waals surface area contributed by atoms with Crippen LogP contribution < -0.4 is 4.90 Å². The monoisotopic (exact) mass is 483 g/mol. The van der Waals surface area contributed by atoms with Crippen molar-refractivity contribution in [2.75, 3.05) is 12.0 Å². The van der Waals surface area contributed by atoms with Gasteiger partial charge in [0.1, 0.15) is 5.76 Å². The molecule has 0 saturated carbocycles. The Hall–Kier alpha value is -4.63. The molecule has 3 heteroatoms. The normalized spacial score (nSPS) is 11.6. The van der Waals surface area contributed by atoms with E-state index in [1.807, 2.05) is 37.3 Å². The van der Waals surface area contributed by atoms with Gasteiger partial charge in [-0.05, 0) is 54.6 Å². The van der Waals surface area contributed by atoms with Crippen LogP contribution in [0.15, 0.2) is 127 Å². The Morgan fingerprint density at radius 1 is 0.622 bits per heavy atom. The van der Waals surface area contributed by atoms with Crippen LogP contribution in [0.4, 0.5) is 17.1 Å². The van der Waals surface area contributed by atoms with Gasteiger partial charge in [-0.25, -0.2) is 0 Å². The van der Waals surface area contributed by atoms with Gasteiger partial charge in [-0.15, -0.1) is 0 Å². The SMILES string of the molecule is CO/C(C)=C(\C(C)=O)c1ccc(N(c2ccccc2)c2ccccc2-c2ccccc2)c2ccccc12. The van der Waals surface area contributed by atoms with Crippen molar-refractivity contribution in [2.45, 2.75) is 13.8 Å². The number of rotatable bonds is 7. The van der Waals surface area contributed by atoms with Crippen LogP contribution in [0.3, 0.4) is 0 Å². The number of nitrogens with zero attached hydrogens (tertiary/aromatic N) is 1. The number of ether oxygens (including phenoxy) is 1. The minimum Gasteiger partial charge on any atom is -0.501 e. The van der Waals surface area contributed by atoms with Crippen LogP contribution in [0.1, 0.15) is 19.4 Å². The van der Waals surface area contributed by atoms with Crippen molar-refractivity contribution in [3.05, 3.63) is 133 Å². The van der Waals surface area contributed by atoms with E-state index in [0.717, 1.165) is 44.5 Å². The fourth-order valence-electron chi connectivity index (χ4n) is 4.94. The highest BCUT2D eigenvalue weighted by molar-refractivity contribution is 6.24. The lowest BCUT2D eigenvalue weighted by atomic mass is 9.93. The Labute approximate surface area is 218 Å². The Balaban J connectivity index is 1.82. The highest BCUT2D eigenvalue weighted by Gasteiger charge is 2.22. The molecule has 0 saturated heterocycles. The average molecular weight is 484 g/mol. The van der Waals surface area contributed by atoms with Gasteiger partial charge >= 0.3 is 0 Å². The first kappa shape index (κ1) is 24.1. The number of benzene rings is 5. The van der Waals surface area contributed by atoms with Gasteiger partial charge in [0.05, 0.1) is 24.1 Å². The highest BCUT2D eigenvalue weighted by Crippen LogP contribution is 2.44. The molecule has 0 atom stereocenters. The van der Waals surface area contributed by atoms with E-state index in [1.54, 1.807) is 14.0 Å². The number of Topliss-reactive ketones (excluding diaryl/α,β-unsaturated/α-hetero) is 1. The Morgan fingerprint density at radius 3 is 1.89 bits per heavy atom. The maximum Gasteiger partial charge on any atom is 0.163 e. The van der Waals surface area contributed by atoms with Crippen LogP contribution in [-0.4, -0.2) is 12.9 Å². The van der Waals surface area contributed by atoms with Gasteiger partial charge in [0.15, 0.2) is 5.78 Å². The molecule has 0 aromatic heterocycles. The molecule has 0 radical (unpaired) electrons. The molecule has 0 aliphatic heterocycles. The summed E-state index contributed by atoms with van der Waals surface area (Å²) in [5.74, 6) is 0.589. The number of hydrogen-bond donors (Lipinski definition) is 0. The predicted molar refractivity (Wildman–Crippen MR) is 154 cm³/mol. The van der Waals surface area contributed by atoms with Crippen molar-refractivity contribution >= 4 is 39.2 Å². The molecule has 0 bridgehead atoms. The molecule has 0 fully saturated rings. The molecule has 5 aromatic rings. The lowest BCUT2D eigenvalue weighted by Gasteiger charge is -2.29. The fraction of sp³-hybridized carbons (Fsp3) is 0.0882. The lowest BCUT2D eigenvalue weighted by molar-refractivity contribution is -0.111. The molecule has 0 amide bonds. The second-order valence-electron chi connectivity index (χ2n) is 8.92. The molecular weight excluding hydrogens is 454 g/mol. The van der Waals surface area contributed by atoms with Gasteiger partial charge in [-0.2, -0.15) is 0 Å². The summed E-state index contributed by atoms with van der Waals surface area (Å²) in [7, 11) is 1.60. The number of hydrogen-bond acceptors (Lipinski definition) is 3. The molecule has 0 aliphatic rings. The van der Waals surface area contributed by atoms with Crippen LogP contribution >= 0.6 is 0 Å². The van der Waals surface area contributed by atoms with Crippen molar-refractivity contribution in [3.63, 3.8) is 0 Å². The smallest absolute Gasteiger partial charge is 0.163 e. The predicted octanol–water partition coefficient (Wildman–Crippen LogP) is 8.94. The Bertz CT molecular complexity index is 1590. The van der Waals surface area contributed by atoms with Crippen LogP contribution in [0.2, 0.25) is 0 Å². The van der Waals surface area contributed by atoms with E-state index in [9.17, 15) is 4.79 Å². The number of carbonyl (C=O) groups excluding carboxylic acids is 1. The number of carbonyl (C=O) groups is 1. The Kier molecular flexibility index (Phi) is 6.87. The van der Waals surface area contributed by atoms with Gasteiger partial charge in [-0.3, -0.25) is 4.79 Å². The fourth-order valence-corrected chi connectivity index (χ4v) is 4.94. The van der Waals surface area contributed by atoms with Gasteiger partial charge in [-0.1, -0.05) is 97.1 Å². The van der Waals surface area contributed by atoms with Crippen molar-refractivity contribution in [2.24, 2.45) is 0 Å². The standard InChI is InChI=1S/C34H29NO2/c1-24(36)34(25(2)37-3)31-22-23-33(30-20-11-10-19-29(30)31)35(27-16-8-5-9-17-27)32-21-13-12-18-28(32)26-14-6-4-7-15-26/h4-23H,1-3H3/b34-25+. The summed E-state index contributed by atoms with van der Waals surface area (Å²) in [6.45, 7) is 3.43. The van der Waals surface area contributed by atoms with Crippen molar-refractivity contribution in [3.8, 4) is 11.1 Å². The molecule has 5 aromatic carbocycles. The van der Waals surface area contributed by atoms with E-state index in [4.69, 9.17) is 4.74 Å². The molecule has 5 rings (SSSR count). The van der Waals surface area contributed by atoms with Gasteiger partial charge in [0, 0.05) is 16.6 Å². The van der Waals surface area contributed by atoms with Crippen LogP contribution in [0.25, 0.3) is 27.5 Å². The topological polar surface area (TPSA) is 29.5 Å². The van der Waals surface area contributed by atoms with E-state index < -0.39 is 0 Å². The molecule has 37 heavy (non-hydrogen) atoms. The van der Waals surface area contributed by atoms with Gasteiger partial charge in [0.2, 0.25) is 0 Å². The lowest BCUT2D eigenvalue weighted by Crippen LogP contribution is -2.12. The van der Waals surface area contributed by atoms with Crippen molar-refractivity contribution in [1.82, 2.24) is 0 Å².